The first-order valence-electron chi connectivity index (χ1n) is 7.65. The van der Waals surface area contributed by atoms with Gasteiger partial charge in [0.1, 0.15) is 11.9 Å². The highest BCUT2D eigenvalue weighted by Crippen LogP contribution is 2.28. The van der Waals surface area contributed by atoms with Gasteiger partial charge in [-0.05, 0) is 48.9 Å². The Hall–Kier alpha value is -2.96. The summed E-state index contributed by atoms with van der Waals surface area (Å²) < 4.78 is 31.7. The maximum Gasteiger partial charge on any atom is 0.332 e. The first-order chi connectivity index (χ1) is 11.9. The minimum atomic E-state index is -0.721. The number of ether oxygens (including phenoxy) is 1. The van der Waals surface area contributed by atoms with Crippen molar-refractivity contribution >= 4 is 17.6 Å². The van der Waals surface area contributed by atoms with Crippen LogP contribution < -0.4 is 9.64 Å². The Balaban J connectivity index is 1.85. The third kappa shape index (κ3) is 3.05. The lowest BCUT2D eigenvalue weighted by Crippen LogP contribution is -2.33. The van der Waals surface area contributed by atoms with Gasteiger partial charge in [0.15, 0.2) is 11.6 Å². The van der Waals surface area contributed by atoms with E-state index in [4.69, 9.17) is 4.74 Å². The molecule has 0 unspecified atom stereocenters. The lowest BCUT2D eigenvalue weighted by atomic mass is 10.2. The molecule has 3 rings (SSSR count). The van der Waals surface area contributed by atoms with Gasteiger partial charge in [0.05, 0.1) is 13.7 Å². The normalized spacial score (nSPS) is 17.4. The summed E-state index contributed by atoms with van der Waals surface area (Å²) in [5.41, 5.74) is 0.892. The Kier molecular flexibility index (Phi) is 4.39. The van der Waals surface area contributed by atoms with Crippen molar-refractivity contribution in [3.05, 3.63) is 59.7 Å². The van der Waals surface area contributed by atoms with E-state index in [0.29, 0.717) is 11.3 Å². The van der Waals surface area contributed by atoms with Crippen LogP contribution in [0.3, 0.4) is 0 Å². The molecule has 25 heavy (non-hydrogen) atoms. The fraction of sp³-hybridized carbons (Fsp3) is 0.222. The second kappa shape index (κ2) is 6.51. The number of hydrogen-bond donors (Lipinski definition) is 0. The topological polar surface area (TPSA) is 49.9 Å². The molecule has 3 amide bonds. The number of rotatable bonds is 4. The van der Waals surface area contributed by atoms with Crippen LogP contribution in [0.5, 0.6) is 5.75 Å². The number of carbonyl (C=O) groups is 2. The van der Waals surface area contributed by atoms with Gasteiger partial charge >= 0.3 is 6.03 Å². The van der Waals surface area contributed by atoms with Crippen LogP contribution >= 0.6 is 0 Å². The molecule has 0 aliphatic carbocycles. The van der Waals surface area contributed by atoms with Crippen molar-refractivity contribution in [1.29, 1.82) is 0 Å². The smallest absolute Gasteiger partial charge is 0.332 e. The van der Waals surface area contributed by atoms with E-state index in [1.807, 2.05) is 0 Å². The molecule has 1 atom stereocenters. The predicted molar refractivity (Wildman–Crippen MR) is 87.2 cm³/mol. The Morgan fingerprint density at radius 1 is 1.08 bits per heavy atom. The van der Waals surface area contributed by atoms with Crippen LogP contribution in [0.15, 0.2) is 42.5 Å². The van der Waals surface area contributed by atoms with Gasteiger partial charge in [-0.2, -0.15) is 0 Å². The van der Waals surface area contributed by atoms with Crippen LogP contribution in [-0.4, -0.2) is 30.0 Å². The van der Waals surface area contributed by atoms with E-state index in [1.54, 1.807) is 13.0 Å². The summed E-state index contributed by atoms with van der Waals surface area (Å²) >= 11 is 0. The SMILES string of the molecule is COc1ccc(CN2C(=O)[C@@H](C)N(c3ccc(F)cc3)C2=O)cc1F. The van der Waals surface area contributed by atoms with E-state index in [2.05, 4.69) is 0 Å². The van der Waals surface area contributed by atoms with Gasteiger partial charge in [-0.3, -0.25) is 14.6 Å². The van der Waals surface area contributed by atoms with Crippen LogP contribution in [0.4, 0.5) is 19.3 Å². The number of urea groups is 1. The number of carbonyl (C=O) groups excluding carboxylic acids is 2. The summed E-state index contributed by atoms with van der Waals surface area (Å²) in [6.45, 7) is 1.54. The van der Waals surface area contributed by atoms with Crippen molar-refractivity contribution in [3.8, 4) is 5.75 Å². The number of methoxy groups -OCH3 is 1. The van der Waals surface area contributed by atoms with Crippen molar-refractivity contribution in [2.75, 3.05) is 12.0 Å². The Labute approximate surface area is 143 Å². The van der Waals surface area contributed by atoms with Crippen molar-refractivity contribution in [2.24, 2.45) is 0 Å². The standard InChI is InChI=1S/C18H16F2N2O3/c1-11-17(23)21(10-12-3-8-16(25-2)15(20)9-12)18(24)22(11)14-6-4-13(19)5-7-14/h3-9,11H,10H2,1-2H3/t11-/m1/s1. The van der Waals surface area contributed by atoms with Gasteiger partial charge in [0.25, 0.3) is 5.91 Å². The molecule has 7 heteroatoms. The third-order valence-electron chi connectivity index (χ3n) is 4.11. The van der Waals surface area contributed by atoms with Crippen LogP contribution in [0, 0.1) is 11.6 Å². The lowest BCUT2D eigenvalue weighted by Gasteiger charge is -2.19. The van der Waals surface area contributed by atoms with Crippen molar-refractivity contribution in [2.45, 2.75) is 19.5 Å². The van der Waals surface area contributed by atoms with Gasteiger partial charge in [0, 0.05) is 5.69 Å². The van der Waals surface area contributed by atoms with Crippen molar-refractivity contribution in [1.82, 2.24) is 4.90 Å². The fourth-order valence-electron chi connectivity index (χ4n) is 2.80. The number of hydrogen-bond acceptors (Lipinski definition) is 3. The molecule has 0 radical (unpaired) electrons. The number of amides is 3. The second-order valence-electron chi connectivity index (χ2n) is 5.70. The Morgan fingerprint density at radius 3 is 2.36 bits per heavy atom. The average Bonchev–Trinajstić information content (AvgIpc) is 2.80. The largest absolute Gasteiger partial charge is 0.494 e. The van der Waals surface area contributed by atoms with E-state index in [-0.39, 0.29) is 12.3 Å². The zero-order valence-electron chi connectivity index (χ0n) is 13.7. The summed E-state index contributed by atoms with van der Waals surface area (Å²) in [5.74, 6) is -1.31. The summed E-state index contributed by atoms with van der Waals surface area (Å²) in [7, 11) is 1.36. The molecule has 0 bridgehead atoms. The quantitative estimate of drug-likeness (QED) is 0.798. The van der Waals surface area contributed by atoms with Crippen LogP contribution in [0.25, 0.3) is 0 Å². The van der Waals surface area contributed by atoms with E-state index in [0.717, 1.165) is 4.90 Å². The Morgan fingerprint density at radius 2 is 1.76 bits per heavy atom. The zero-order valence-corrected chi connectivity index (χ0v) is 13.7. The summed E-state index contributed by atoms with van der Waals surface area (Å²) in [5, 5.41) is 0. The molecule has 2 aromatic rings. The second-order valence-corrected chi connectivity index (χ2v) is 5.70. The summed E-state index contributed by atoms with van der Waals surface area (Å²) in [4.78, 5) is 27.4. The highest BCUT2D eigenvalue weighted by atomic mass is 19.1. The van der Waals surface area contributed by atoms with Gasteiger partial charge in [-0.15, -0.1) is 0 Å². The lowest BCUT2D eigenvalue weighted by molar-refractivity contribution is -0.127. The Bertz CT molecular complexity index is 824. The van der Waals surface area contributed by atoms with Gasteiger partial charge in [-0.1, -0.05) is 6.07 Å². The molecule has 2 aromatic carbocycles. The van der Waals surface area contributed by atoms with Crippen molar-refractivity contribution < 1.29 is 23.1 Å². The summed E-state index contributed by atoms with van der Waals surface area (Å²) in [6.07, 6.45) is 0. The average molecular weight is 346 g/mol. The molecule has 5 nitrogen and oxygen atoms in total. The number of imide groups is 1. The van der Waals surface area contributed by atoms with Crippen molar-refractivity contribution in [3.63, 3.8) is 0 Å². The molecule has 1 aliphatic heterocycles. The van der Waals surface area contributed by atoms with Gasteiger partial charge in [-0.25, -0.2) is 13.6 Å². The highest BCUT2D eigenvalue weighted by molar-refractivity contribution is 6.13. The maximum atomic E-state index is 13.8. The molecule has 0 saturated carbocycles. The van der Waals surface area contributed by atoms with E-state index < -0.39 is 29.6 Å². The van der Waals surface area contributed by atoms with Gasteiger partial charge < -0.3 is 4.74 Å². The molecule has 0 spiro atoms. The van der Waals surface area contributed by atoms with Crippen LogP contribution in [-0.2, 0) is 11.3 Å². The number of benzene rings is 2. The molecule has 1 fully saturated rings. The minimum absolute atomic E-state index is 0.0549. The molecular weight excluding hydrogens is 330 g/mol. The predicted octanol–water partition coefficient (Wildman–Crippen LogP) is 3.33. The monoisotopic (exact) mass is 346 g/mol. The molecule has 1 heterocycles. The highest BCUT2D eigenvalue weighted by Gasteiger charge is 2.43. The summed E-state index contributed by atoms with van der Waals surface area (Å²) in [6, 6.07) is 8.33. The number of nitrogens with zero attached hydrogens (tertiary/aromatic N) is 2. The van der Waals surface area contributed by atoms with Crippen LogP contribution in [0.2, 0.25) is 0 Å². The van der Waals surface area contributed by atoms with E-state index in [1.165, 1.54) is 48.4 Å². The maximum absolute atomic E-state index is 13.8. The molecule has 1 saturated heterocycles. The van der Waals surface area contributed by atoms with Crippen LogP contribution in [0.1, 0.15) is 12.5 Å². The first-order valence-corrected chi connectivity index (χ1v) is 7.65. The van der Waals surface area contributed by atoms with E-state index in [9.17, 15) is 18.4 Å². The zero-order chi connectivity index (χ0) is 18.1. The molecule has 1 aliphatic rings. The molecule has 0 aromatic heterocycles. The number of halogens is 2. The number of anilines is 1. The fourth-order valence-corrected chi connectivity index (χ4v) is 2.80. The third-order valence-corrected chi connectivity index (χ3v) is 4.11. The molecular formula is C18H16F2N2O3. The van der Waals surface area contributed by atoms with Gasteiger partial charge in [0.2, 0.25) is 0 Å². The molecule has 130 valence electrons. The first kappa shape index (κ1) is 16.9. The molecule has 0 N–H and O–H groups in total. The van der Waals surface area contributed by atoms with E-state index >= 15 is 0 Å². The minimum Gasteiger partial charge on any atom is -0.494 e.